The Kier molecular flexibility index (Phi) is 4.69. The van der Waals surface area contributed by atoms with Crippen LogP contribution in [-0.4, -0.2) is 20.5 Å². The van der Waals surface area contributed by atoms with E-state index in [1.54, 1.807) is 17.7 Å². The number of aryl methyl sites for hydroxylation is 2. The van der Waals surface area contributed by atoms with Gasteiger partial charge in [-0.3, -0.25) is 0 Å². The number of tetrazole rings is 1. The first kappa shape index (κ1) is 18.4. The third-order valence-corrected chi connectivity index (χ3v) is 6.29. The molecule has 0 fully saturated rings. The van der Waals surface area contributed by atoms with Gasteiger partial charge < -0.3 is 0 Å². The van der Waals surface area contributed by atoms with Crippen LogP contribution in [0.2, 0.25) is 0 Å². The lowest BCUT2D eigenvalue weighted by Gasteiger charge is -2.15. The van der Waals surface area contributed by atoms with Gasteiger partial charge in [0.2, 0.25) is 0 Å². The molecule has 30 heavy (non-hydrogen) atoms. The minimum atomic E-state index is 0.980. The molecule has 5 rings (SSSR count). The van der Waals surface area contributed by atoms with Crippen molar-refractivity contribution in [1.29, 1.82) is 0 Å². The summed E-state index contributed by atoms with van der Waals surface area (Å²) in [4.78, 5) is 6.12. The van der Waals surface area contributed by atoms with E-state index in [0.717, 1.165) is 44.2 Å². The van der Waals surface area contributed by atoms with Crippen LogP contribution in [0.25, 0.3) is 38.5 Å². The van der Waals surface area contributed by atoms with Crippen LogP contribution in [0.1, 0.15) is 10.6 Å². The van der Waals surface area contributed by atoms with Crippen molar-refractivity contribution < 1.29 is 4.68 Å². The smallest absolute Gasteiger partial charge is 0.241 e. The van der Waals surface area contributed by atoms with Gasteiger partial charge in [-0.15, -0.1) is 16.0 Å². The molecular weight excluding hydrogens is 390 g/mol. The fraction of sp³-hybridized carbons (Fsp3) is 0.0833. The molecule has 5 nitrogen and oxygen atoms in total. The van der Waals surface area contributed by atoms with Gasteiger partial charge in [-0.1, -0.05) is 65.9 Å². The molecule has 0 amide bonds. The van der Waals surface area contributed by atoms with Crippen molar-refractivity contribution in [2.75, 3.05) is 0 Å². The van der Waals surface area contributed by atoms with E-state index in [1.807, 2.05) is 16.8 Å². The molecule has 0 saturated heterocycles. The first-order chi connectivity index (χ1) is 14.7. The number of aromatic amines is 1. The zero-order valence-corrected chi connectivity index (χ0v) is 17.5. The highest BCUT2D eigenvalue weighted by Gasteiger charge is 2.22. The Balaban J connectivity index is 1.87. The standard InChI is InChI=1S/C24H19N5S/c1-16-17(2)30-24(26-16)21-13-20(18-9-5-3-6-10-18)14-22(29-15-25-27-28-29)23(21)19-11-7-4-8-12-19/h3-15H,1-2H3/p+1. The van der Waals surface area contributed by atoms with Gasteiger partial charge in [0.15, 0.2) is 5.21 Å². The number of nitrogens with one attached hydrogen (secondary N) is 1. The van der Waals surface area contributed by atoms with Crippen molar-refractivity contribution in [3.05, 3.63) is 89.7 Å². The van der Waals surface area contributed by atoms with Gasteiger partial charge in [0, 0.05) is 16.0 Å². The maximum absolute atomic E-state index is 4.89. The first-order valence-electron chi connectivity index (χ1n) is 9.72. The Labute approximate surface area is 178 Å². The van der Waals surface area contributed by atoms with E-state index in [1.165, 1.54) is 4.88 Å². The van der Waals surface area contributed by atoms with Crippen LogP contribution in [-0.2, 0) is 0 Å². The van der Waals surface area contributed by atoms with Gasteiger partial charge in [0.25, 0.3) is 6.33 Å². The second-order valence-electron chi connectivity index (χ2n) is 7.11. The van der Waals surface area contributed by atoms with Crippen LogP contribution in [0.4, 0.5) is 0 Å². The normalized spacial score (nSPS) is 11.0. The van der Waals surface area contributed by atoms with Crippen LogP contribution in [0, 0.1) is 13.8 Å². The molecule has 1 N–H and O–H groups in total. The summed E-state index contributed by atoms with van der Waals surface area (Å²) in [5, 5.41) is 11.9. The highest BCUT2D eigenvalue weighted by atomic mass is 32.1. The Bertz CT molecular complexity index is 1270. The molecule has 0 bridgehead atoms. The van der Waals surface area contributed by atoms with E-state index in [4.69, 9.17) is 4.98 Å². The van der Waals surface area contributed by atoms with E-state index in [0.29, 0.717) is 0 Å². The van der Waals surface area contributed by atoms with Gasteiger partial charge >= 0.3 is 0 Å². The molecule has 6 heteroatoms. The van der Waals surface area contributed by atoms with Crippen molar-refractivity contribution >= 4 is 11.3 Å². The molecule has 0 aliphatic heterocycles. The molecule has 3 aromatic carbocycles. The maximum atomic E-state index is 4.89. The van der Waals surface area contributed by atoms with E-state index < -0.39 is 0 Å². The van der Waals surface area contributed by atoms with Crippen molar-refractivity contribution in [3.8, 4) is 38.5 Å². The third kappa shape index (κ3) is 3.31. The average Bonchev–Trinajstić information content (AvgIpc) is 3.44. The molecule has 2 heterocycles. The lowest BCUT2D eigenvalue weighted by atomic mass is 9.93. The lowest BCUT2D eigenvalue weighted by molar-refractivity contribution is -0.659. The number of hydrogen-bond acceptors (Lipinski definition) is 4. The van der Waals surface area contributed by atoms with Crippen molar-refractivity contribution in [3.63, 3.8) is 0 Å². The zero-order valence-electron chi connectivity index (χ0n) is 16.7. The van der Waals surface area contributed by atoms with E-state index in [-0.39, 0.29) is 0 Å². The second-order valence-corrected chi connectivity index (χ2v) is 8.31. The second kappa shape index (κ2) is 7.65. The zero-order chi connectivity index (χ0) is 20.5. The Hall–Kier alpha value is -3.64. The van der Waals surface area contributed by atoms with Gasteiger partial charge in [-0.05, 0) is 42.7 Å². The first-order valence-corrected chi connectivity index (χ1v) is 10.5. The Morgan fingerprint density at radius 2 is 1.53 bits per heavy atom. The van der Waals surface area contributed by atoms with E-state index in [9.17, 15) is 0 Å². The third-order valence-electron chi connectivity index (χ3n) is 5.18. The Morgan fingerprint density at radius 1 is 0.833 bits per heavy atom. The van der Waals surface area contributed by atoms with Crippen LogP contribution in [0.15, 0.2) is 79.1 Å². The monoisotopic (exact) mass is 410 g/mol. The SMILES string of the molecule is Cc1nc(-c2cc(-c3ccccc3)cc(-[n+]3cnn[nH]3)c2-c2ccccc2)sc1C. The van der Waals surface area contributed by atoms with Gasteiger partial charge in [-0.2, -0.15) is 0 Å². The lowest BCUT2D eigenvalue weighted by Crippen LogP contribution is -2.33. The molecular formula is C24H20N5S+. The number of aromatic nitrogens is 5. The highest BCUT2D eigenvalue weighted by molar-refractivity contribution is 7.15. The summed E-state index contributed by atoms with van der Waals surface area (Å²) in [5.74, 6) is 0. The van der Waals surface area contributed by atoms with Gasteiger partial charge in [0.05, 0.1) is 5.69 Å². The number of H-pyrrole nitrogens is 1. The van der Waals surface area contributed by atoms with Crippen LogP contribution < -0.4 is 4.68 Å². The quantitative estimate of drug-likeness (QED) is 0.417. The van der Waals surface area contributed by atoms with Crippen molar-refractivity contribution in [2.24, 2.45) is 0 Å². The molecule has 5 aromatic rings. The summed E-state index contributed by atoms with van der Waals surface area (Å²) in [7, 11) is 0. The van der Waals surface area contributed by atoms with Crippen molar-refractivity contribution in [2.45, 2.75) is 13.8 Å². The fourth-order valence-electron chi connectivity index (χ4n) is 3.57. The summed E-state index contributed by atoms with van der Waals surface area (Å²) in [6.45, 7) is 4.18. The van der Waals surface area contributed by atoms with Crippen LogP contribution in [0.3, 0.4) is 0 Å². The predicted molar refractivity (Wildman–Crippen MR) is 119 cm³/mol. The molecule has 0 unspecified atom stereocenters. The summed E-state index contributed by atoms with van der Waals surface area (Å²) >= 11 is 1.72. The van der Waals surface area contributed by atoms with Crippen LogP contribution in [0.5, 0.6) is 0 Å². The van der Waals surface area contributed by atoms with Gasteiger partial charge in [0.1, 0.15) is 15.8 Å². The van der Waals surface area contributed by atoms with Gasteiger partial charge in [-0.25, -0.2) is 4.98 Å². The topological polar surface area (TPSA) is 58.3 Å². The maximum Gasteiger partial charge on any atom is 0.293 e. The highest BCUT2D eigenvalue weighted by Crippen LogP contribution is 2.40. The van der Waals surface area contributed by atoms with E-state index in [2.05, 4.69) is 90.0 Å². The molecule has 0 radical (unpaired) electrons. The molecule has 2 aromatic heterocycles. The summed E-state index contributed by atoms with van der Waals surface area (Å²) in [5.41, 5.74) is 7.63. The molecule has 0 saturated carbocycles. The minimum absolute atomic E-state index is 0.980. The molecule has 146 valence electrons. The summed E-state index contributed by atoms with van der Waals surface area (Å²) in [6, 6.07) is 25.2. The molecule has 0 spiro atoms. The largest absolute Gasteiger partial charge is 0.293 e. The fourth-order valence-corrected chi connectivity index (χ4v) is 4.51. The molecule has 0 atom stereocenters. The molecule has 0 aliphatic rings. The van der Waals surface area contributed by atoms with Crippen molar-refractivity contribution in [1.82, 2.24) is 20.5 Å². The number of thiazole rings is 1. The number of rotatable bonds is 4. The number of hydrogen-bond donors (Lipinski definition) is 1. The Morgan fingerprint density at radius 3 is 2.13 bits per heavy atom. The van der Waals surface area contributed by atoms with E-state index >= 15 is 0 Å². The summed E-state index contributed by atoms with van der Waals surface area (Å²) in [6.07, 6.45) is 1.69. The minimum Gasteiger partial charge on any atom is -0.241 e. The number of benzene rings is 3. The summed E-state index contributed by atoms with van der Waals surface area (Å²) < 4.78 is 1.85. The molecule has 0 aliphatic carbocycles. The van der Waals surface area contributed by atoms with Crippen LogP contribution >= 0.6 is 11.3 Å². The predicted octanol–water partition coefficient (Wildman–Crippen LogP) is 5.16. The average molecular weight is 411 g/mol. The number of nitrogens with zero attached hydrogens (tertiary/aromatic N) is 4.